The summed E-state index contributed by atoms with van der Waals surface area (Å²) in [5.74, 6) is -0.0915. The normalized spacial score (nSPS) is 17.1. The minimum absolute atomic E-state index is 0.00213. The molecule has 0 fully saturated rings. The Morgan fingerprint density at radius 1 is 1.57 bits per heavy atom. The maximum Gasteiger partial charge on any atom is 0.246 e. The SMILES string of the molecule is C=CC(=O)N1Cc2sc(Cl)cc2[C@@H](c2ccsc2C#N)C1. The highest BCUT2D eigenvalue weighted by molar-refractivity contribution is 7.16. The highest BCUT2D eigenvalue weighted by Crippen LogP contribution is 2.41. The highest BCUT2D eigenvalue weighted by atomic mass is 35.5. The van der Waals surface area contributed by atoms with Gasteiger partial charge in [0.1, 0.15) is 10.9 Å². The molecule has 1 aliphatic rings. The van der Waals surface area contributed by atoms with Crippen molar-refractivity contribution < 1.29 is 4.79 Å². The van der Waals surface area contributed by atoms with Crippen LogP contribution in [-0.4, -0.2) is 17.4 Å². The Balaban J connectivity index is 2.08. The van der Waals surface area contributed by atoms with E-state index in [0.717, 1.165) is 16.0 Å². The fourth-order valence-electron chi connectivity index (χ4n) is 2.63. The molecule has 0 aromatic carbocycles. The lowest BCUT2D eigenvalue weighted by Gasteiger charge is -2.32. The van der Waals surface area contributed by atoms with Crippen molar-refractivity contribution in [1.82, 2.24) is 4.90 Å². The Hall–Kier alpha value is -1.61. The molecule has 106 valence electrons. The van der Waals surface area contributed by atoms with Crippen LogP contribution in [0, 0.1) is 11.3 Å². The van der Waals surface area contributed by atoms with Crippen molar-refractivity contribution in [2.75, 3.05) is 6.54 Å². The molecule has 3 nitrogen and oxygen atoms in total. The minimum atomic E-state index is -0.0936. The monoisotopic (exact) mass is 334 g/mol. The molecule has 3 rings (SSSR count). The Labute approximate surface area is 135 Å². The van der Waals surface area contributed by atoms with Crippen molar-refractivity contribution in [3.63, 3.8) is 0 Å². The van der Waals surface area contributed by atoms with E-state index in [9.17, 15) is 10.1 Å². The van der Waals surface area contributed by atoms with E-state index in [-0.39, 0.29) is 11.8 Å². The van der Waals surface area contributed by atoms with E-state index >= 15 is 0 Å². The molecule has 0 aliphatic carbocycles. The average molecular weight is 335 g/mol. The molecule has 0 bridgehead atoms. The molecule has 0 radical (unpaired) electrons. The molecule has 1 atom stereocenters. The van der Waals surface area contributed by atoms with Crippen LogP contribution in [0.5, 0.6) is 0 Å². The van der Waals surface area contributed by atoms with Crippen LogP contribution in [-0.2, 0) is 11.3 Å². The summed E-state index contributed by atoms with van der Waals surface area (Å²) < 4.78 is 0.714. The zero-order chi connectivity index (χ0) is 15.0. The summed E-state index contributed by atoms with van der Waals surface area (Å²) >= 11 is 9.06. The lowest BCUT2D eigenvalue weighted by atomic mass is 9.89. The summed E-state index contributed by atoms with van der Waals surface area (Å²) in [5.41, 5.74) is 2.10. The first-order chi connectivity index (χ1) is 10.1. The Morgan fingerprint density at radius 2 is 2.38 bits per heavy atom. The molecule has 0 spiro atoms. The van der Waals surface area contributed by atoms with Gasteiger partial charge in [0.2, 0.25) is 5.91 Å². The quantitative estimate of drug-likeness (QED) is 0.779. The summed E-state index contributed by atoms with van der Waals surface area (Å²) in [5, 5.41) is 11.2. The van der Waals surface area contributed by atoms with Gasteiger partial charge in [-0.2, -0.15) is 5.26 Å². The maximum absolute atomic E-state index is 12.0. The van der Waals surface area contributed by atoms with E-state index in [2.05, 4.69) is 12.6 Å². The van der Waals surface area contributed by atoms with Crippen LogP contribution in [0.1, 0.15) is 26.8 Å². The van der Waals surface area contributed by atoms with Crippen LogP contribution in [0.25, 0.3) is 0 Å². The van der Waals surface area contributed by atoms with E-state index in [1.807, 2.05) is 17.5 Å². The third kappa shape index (κ3) is 2.51. The molecule has 21 heavy (non-hydrogen) atoms. The van der Waals surface area contributed by atoms with Crippen LogP contribution >= 0.6 is 34.3 Å². The minimum Gasteiger partial charge on any atom is -0.333 e. The van der Waals surface area contributed by atoms with Crippen molar-refractivity contribution in [1.29, 1.82) is 5.26 Å². The van der Waals surface area contributed by atoms with Gasteiger partial charge in [-0.05, 0) is 34.7 Å². The molecule has 2 aromatic heterocycles. The Bertz CT molecular complexity index is 756. The van der Waals surface area contributed by atoms with Gasteiger partial charge in [0.05, 0.1) is 10.9 Å². The summed E-state index contributed by atoms with van der Waals surface area (Å²) in [6.07, 6.45) is 1.33. The standard InChI is InChI=1S/C15H11ClN2OS2/c1-2-15(19)18-7-11(9-3-4-20-12(9)6-17)10-5-14(16)21-13(10)8-18/h2-5,11H,1,7-8H2/t11-/m1/s1. The summed E-state index contributed by atoms with van der Waals surface area (Å²) in [6, 6.07) is 6.16. The first-order valence-corrected chi connectivity index (χ1v) is 8.38. The second-order valence-corrected chi connectivity index (χ2v) is 7.41. The van der Waals surface area contributed by atoms with Crippen LogP contribution < -0.4 is 0 Å². The van der Waals surface area contributed by atoms with Crippen LogP contribution in [0.3, 0.4) is 0 Å². The molecule has 2 aromatic rings. The van der Waals surface area contributed by atoms with Crippen LogP contribution in [0.15, 0.2) is 30.2 Å². The molecule has 0 unspecified atom stereocenters. The number of amides is 1. The fraction of sp³-hybridized carbons (Fsp3) is 0.200. The number of carbonyl (C=O) groups is 1. The largest absolute Gasteiger partial charge is 0.333 e. The van der Waals surface area contributed by atoms with Crippen molar-refractivity contribution in [2.24, 2.45) is 0 Å². The number of nitriles is 1. The van der Waals surface area contributed by atoms with Gasteiger partial charge in [0, 0.05) is 17.3 Å². The molecule has 3 heterocycles. The predicted octanol–water partition coefficient (Wildman–Crippen LogP) is 3.99. The number of hydrogen-bond acceptors (Lipinski definition) is 4. The third-order valence-corrected chi connectivity index (χ3v) is 5.68. The molecular weight excluding hydrogens is 324 g/mol. The third-order valence-electron chi connectivity index (χ3n) is 3.58. The highest BCUT2D eigenvalue weighted by Gasteiger charge is 2.31. The van der Waals surface area contributed by atoms with Gasteiger partial charge < -0.3 is 4.90 Å². The van der Waals surface area contributed by atoms with E-state index in [0.29, 0.717) is 22.3 Å². The van der Waals surface area contributed by atoms with Crippen molar-refractivity contribution >= 4 is 40.2 Å². The van der Waals surface area contributed by atoms with Gasteiger partial charge in [-0.3, -0.25) is 4.79 Å². The van der Waals surface area contributed by atoms with Gasteiger partial charge in [-0.1, -0.05) is 18.2 Å². The molecule has 0 N–H and O–H groups in total. The molecule has 6 heteroatoms. The Morgan fingerprint density at radius 3 is 3.10 bits per heavy atom. The summed E-state index contributed by atoms with van der Waals surface area (Å²) in [4.78, 5) is 15.5. The lowest BCUT2D eigenvalue weighted by molar-refractivity contribution is -0.127. The number of rotatable bonds is 2. The molecule has 1 amide bonds. The smallest absolute Gasteiger partial charge is 0.246 e. The number of thiophene rings is 2. The fourth-order valence-corrected chi connectivity index (χ4v) is 4.74. The zero-order valence-electron chi connectivity index (χ0n) is 11.0. The predicted molar refractivity (Wildman–Crippen MR) is 85.8 cm³/mol. The van der Waals surface area contributed by atoms with Gasteiger partial charge >= 0.3 is 0 Å². The van der Waals surface area contributed by atoms with E-state index in [1.165, 1.54) is 28.7 Å². The topological polar surface area (TPSA) is 44.1 Å². The lowest BCUT2D eigenvalue weighted by Crippen LogP contribution is -2.36. The van der Waals surface area contributed by atoms with Crippen molar-refractivity contribution in [3.05, 3.63) is 55.4 Å². The molecule has 0 saturated carbocycles. The van der Waals surface area contributed by atoms with Crippen LogP contribution in [0.2, 0.25) is 4.34 Å². The number of carbonyl (C=O) groups excluding carboxylic acids is 1. The zero-order valence-corrected chi connectivity index (χ0v) is 13.4. The number of halogens is 1. The van der Waals surface area contributed by atoms with Gasteiger partial charge in [0.25, 0.3) is 0 Å². The van der Waals surface area contributed by atoms with E-state index in [1.54, 1.807) is 4.90 Å². The second-order valence-electron chi connectivity index (χ2n) is 4.72. The van der Waals surface area contributed by atoms with Crippen molar-refractivity contribution in [3.8, 4) is 6.07 Å². The van der Waals surface area contributed by atoms with E-state index < -0.39 is 0 Å². The van der Waals surface area contributed by atoms with Crippen LogP contribution in [0.4, 0.5) is 0 Å². The summed E-state index contributed by atoms with van der Waals surface area (Å²) in [7, 11) is 0. The molecular formula is C15H11ClN2OS2. The first-order valence-electron chi connectivity index (χ1n) is 6.31. The molecule has 1 aliphatic heterocycles. The van der Waals surface area contributed by atoms with Gasteiger partial charge in [-0.25, -0.2) is 0 Å². The number of nitrogens with zero attached hydrogens (tertiary/aromatic N) is 2. The first kappa shape index (κ1) is 14.3. The molecule has 0 saturated heterocycles. The average Bonchev–Trinajstić information content (AvgIpc) is 3.09. The van der Waals surface area contributed by atoms with E-state index in [4.69, 9.17) is 11.6 Å². The Kier molecular flexibility index (Phi) is 3.85. The second kappa shape index (κ2) is 5.64. The number of hydrogen-bond donors (Lipinski definition) is 0. The number of fused-ring (bicyclic) bond motifs is 1. The van der Waals surface area contributed by atoms with Crippen molar-refractivity contribution in [2.45, 2.75) is 12.5 Å². The summed E-state index contributed by atoms with van der Waals surface area (Å²) in [6.45, 7) is 4.66. The van der Waals surface area contributed by atoms with Gasteiger partial charge in [-0.15, -0.1) is 22.7 Å². The maximum atomic E-state index is 12.0. The van der Waals surface area contributed by atoms with Gasteiger partial charge in [0.15, 0.2) is 0 Å².